The van der Waals surface area contributed by atoms with Crippen molar-refractivity contribution < 1.29 is 28.9 Å². The molecule has 100 valence electrons. The molecule has 1 heterocycles. The van der Waals surface area contributed by atoms with Crippen LogP contribution in [-0.4, -0.2) is 29.9 Å². The van der Waals surface area contributed by atoms with E-state index in [9.17, 15) is 14.7 Å². The molecule has 2 rings (SSSR count). The number of carboxylic acid groups (broad SMARTS) is 1. The third-order valence-electron chi connectivity index (χ3n) is 2.38. The molecular formula is C12H10O7. The van der Waals surface area contributed by atoms with Gasteiger partial charge < -0.3 is 24.1 Å². The number of benzene rings is 1. The molecule has 0 aliphatic rings. The van der Waals surface area contributed by atoms with Crippen LogP contribution in [0.4, 0.5) is 0 Å². The molecule has 0 bridgehead atoms. The molecule has 0 aliphatic heterocycles. The lowest BCUT2D eigenvalue weighted by atomic mass is 10.2. The van der Waals surface area contributed by atoms with Crippen LogP contribution in [0.15, 0.2) is 27.4 Å². The molecule has 1 aromatic carbocycles. The summed E-state index contributed by atoms with van der Waals surface area (Å²) in [6, 6.07) is 4.41. The summed E-state index contributed by atoms with van der Waals surface area (Å²) in [6.07, 6.45) is 0. The fourth-order valence-corrected chi connectivity index (χ4v) is 1.63. The quantitative estimate of drug-likeness (QED) is 0.794. The topological polar surface area (TPSA) is 106 Å². The second-order valence-electron chi connectivity index (χ2n) is 3.58. The first kappa shape index (κ1) is 12.7. The fraction of sp³-hybridized carbons (Fsp3) is 0.167. The first-order valence-corrected chi connectivity index (χ1v) is 5.22. The zero-order valence-corrected chi connectivity index (χ0v) is 9.87. The van der Waals surface area contributed by atoms with E-state index in [0.717, 1.165) is 0 Å². The van der Waals surface area contributed by atoms with Gasteiger partial charge in [0.05, 0.1) is 7.11 Å². The highest BCUT2D eigenvalue weighted by atomic mass is 16.5. The molecule has 0 spiro atoms. The lowest BCUT2D eigenvalue weighted by molar-refractivity contribution is -0.139. The first-order valence-electron chi connectivity index (χ1n) is 5.22. The van der Waals surface area contributed by atoms with E-state index in [1.165, 1.54) is 25.3 Å². The van der Waals surface area contributed by atoms with Crippen LogP contribution in [0.1, 0.15) is 0 Å². The number of hydrogen-bond acceptors (Lipinski definition) is 6. The van der Waals surface area contributed by atoms with Crippen molar-refractivity contribution in [2.45, 2.75) is 0 Å². The van der Waals surface area contributed by atoms with Gasteiger partial charge >= 0.3 is 11.6 Å². The van der Waals surface area contributed by atoms with E-state index in [0.29, 0.717) is 0 Å². The smallest absolute Gasteiger partial charge is 0.383 e. The van der Waals surface area contributed by atoms with Crippen molar-refractivity contribution >= 4 is 16.9 Å². The van der Waals surface area contributed by atoms with E-state index in [-0.39, 0.29) is 22.5 Å². The van der Waals surface area contributed by atoms with Crippen LogP contribution >= 0.6 is 0 Å². The largest absolute Gasteiger partial charge is 0.503 e. The van der Waals surface area contributed by atoms with E-state index < -0.39 is 24.0 Å². The molecule has 7 heteroatoms. The summed E-state index contributed by atoms with van der Waals surface area (Å²) >= 11 is 0. The zero-order valence-electron chi connectivity index (χ0n) is 9.87. The van der Waals surface area contributed by atoms with Crippen molar-refractivity contribution in [3.8, 4) is 17.2 Å². The number of rotatable bonds is 4. The lowest BCUT2D eigenvalue weighted by Gasteiger charge is -2.09. The molecule has 0 fully saturated rings. The Labute approximate surface area is 106 Å². The molecule has 19 heavy (non-hydrogen) atoms. The van der Waals surface area contributed by atoms with Gasteiger partial charge in [-0.25, -0.2) is 9.59 Å². The predicted octanol–water partition coefficient (Wildman–Crippen LogP) is 0.971. The molecular weight excluding hydrogens is 256 g/mol. The maximum absolute atomic E-state index is 11.5. The van der Waals surface area contributed by atoms with E-state index in [2.05, 4.69) is 0 Å². The van der Waals surface area contributed by atoms with Crippen molar-refractivity contribution in [2.24, 2.45) is 0 Å². The van der Waals surface area contributed by atoms with Crippen LogP contribution in [0.3, 0.4) is 0 Å². The van der Waals surface area contributed by atoms with Crippen molar-refractivity contribution in [2.75, 3.05) is 13.7 Å². The van der Waals surface area contributed by atoms with E-state index in [4.69, 9.17) is 19.0 Å². The summed E-state index contributed by atoms with van der Waals surface area (Å²) in [5, 5.41) is 18.6. The minimum atomic E-state index is -1.17. The van der Waals surface area contributed by atoms with Gasteiger partial charge in [-0.1, -0.05) is 6.07 Å². The third-order valence-corrected chi connectivity index (χ3v) is 2.38. The van der Waals surface area contributed by atoms with Gasteiger partial charge in [0.1, 0.15) is 16.7 Å². The van der Waals surface area contributed by atoms with Crippen molar-refractivity contribution in [1.29, 1.82) is 0 Å². The van der Waals surface area contributed by atoms with Crippen LogP contribution in [0.2, 0.25) is 0 Å². The summed E-state index contributed by atoms with van der Waals surface area (Å²) in [7, 11) is 1.21. The molecule has 7 nitrogen and oxygen atoms in total. The van der Waals surface area contributed by atoms with Crippen LogP contribution in [0, 0.1) is 0 Å². The van der Waals surface area contributed by atoms with Gasteiger partial charge in [0.25, 0.3) is 0 Å². The summed E-state index contributed by atoms with van der Waals surface area (Å²) in [6.45, 7) is -0.583. The Morgan fingerprint density at radius 3 is 2.79 bits per heavy atom. The molecule has 0 radical (unpaired) electrons. The second-order valence-corrected chi connectivity index (χ2v) is 3.58. The van der Waals surface area contributed by atoms with Crippen LogP contribution in [-0.2, 0) is 4.79 Å². The average molecular weight is 266 g/mol. The Morgan fingerprint density at radius 2 is 2.16 bits per heavy atom. The molecule has 0 saturated heterocycles. The van der Waals surface area contributed by atoms with Gasteiger partial charge in [0.2, 0.25) is 5.75 Å². The Bertz CT molecular complexity index is 686. The van der Waals surface area contributed by atoms with Gasteiger partial charge in [-0.15, -0.1) is 0 Å². The molecule has 0 saturated carbocycles. The second kappa shape index (κ2) is 4.89. The summed E-state index contributed by atoms with van der Waals surface area (Å²) in [5.74, 6) is -1.89. The number of ether oxygens (including phenoxy) is 2. The van der Waals surface area contributed by atoms with Crippen LogP contribution in [0.25, 0.3) is 11.0 Å². The minimum Gasteiger partial charge on any atom is -0.503 e. The molecule has 2 aromatic rings. The van der Waals surface area contributed by atoms with Crippen molar-refractivity contribution in [1.82, 2.24) is 0 Å². The molecule has 1 aromatic heterocycles. The number of carbonyl (C=O) groups is 1. The van der Waals surface area contributed by atoms with E-state index in [1.54, 1.807) is 0 Å². The SMILES string of the molecule is COc1c(O)c2c(OCC(=O)O)cccc2oc1=O. The van der Waals surface area contributed by atoms with Gasteiger partial charge in [0.15, 0.2) is 12.4 Å². The summed E-state index contributed by atoms with van der Waals surface area (Å²) in [5.41, 5.74) is -0.755. The number of aromatic hydroxyl groups is 1. The minimum absolute atomic E-state index is 0.0752. The number of hydrogen-bond donors (Lipinski definition) is 2. The lowest BCUT2D eigenvalue weighted by Crippen LogP contribution is -2.10. The Balaban J connectivity index is 2.66. The molecule has 0 amide bonds. The van der Waals surface area contributed by atoms with Crippen LogP contribution < -0.4 is 15.1 Å². The van der Waals surface area contributed by atoms with Crippen LogP contribution in [0.5, 0.6) is 17.2 Å². The Kier molecular flexibility index (Phi) is 3.28. The maximum atomic E-state index is 11.5. The van der Waals surface area contributed by atoms with Gasteiger partial charge in [-0.05, 0) is 12.1 Å². The van der Waals surface area contributed by atoms with Crippen molar-refractivity contribution in [3.05, 3.63) is 28.6 Å². The highest BCUT2D eigenvalue weighted by Gasteiger charge is 2.18. The summed E-state index contributed by atoms with van der Waals surface area (Å²) < 4.78 is 14.7. The number of methoxy groups -OCH3 is 1. The standard InChI is InChI=1S/C12H10O7/c1-17-11-10(15)9-6(18-5-8(13)14)3-2-4-7(9)19-12(11)16/h2-4,15H,5H2,1H3,(H,13,14). The first-order chi connectivity index (χ1) is 9.04. The molecule has 2 N–H and O–H groups in total. The average Bonchev–Trinajstić information content (AvgIpc) is 2.36. The number of carboxylic acids is 1. The van der Waals surface area contributed by atoms with Gasteiger partial charge in [-0.3, -0.25) is 0 Å². The predicted molar refractivity (Wildman–Crippen MR) is 63.8 cm³/mol. The highest BCUT2D eigenvalue weighted by molar-refractivity contribution is 5.91. The number of aliphatic carboxylic acids is 1. The molecule has 0 aliphatic carbocycles. The Hall–Kier alpha value is -2.70. The molecule has 0 atom stereocenters. The fourth-order valence-electron chi connectivity index (χ4n) is 1.63. The highest BCUT2D eigenvalue weighted by Crippen LogP contribution is 2.37. The van der Waals surface area contributed by atoms with Crippen molar-refractivity contribution in [3.63, 3.8) is 0 Å². The van der Waals surface area contributed by atoms with Gasteiger partial charge in [0, 0.05) is 0 Å². The molecule has 0 unspecified atom stereocenters. The number of fused-ring (bicyclic) bond motifs is 1. The normalized spacial score (nSPS) is 10.4. The third kappa shape index (κ3) is 2.30. The van der Waals surface area contributed by atoms with E-state index in [1.807, 2.05) is 0 Å². The maximum Gasteiger partial charge on any atom is 0.383 e. The van der Waals surface area contributed by atoms with E-state index >= 15 is 0 Å². The summed E-state index contributed by atoms with van der Waals surface area (Å²) in [4.78, 5) is 22.0. The monoisotopic (exact) mass is 266 g/mol. The van der Waals surface area contributed by atoms with Gasteiger partial charge in [-0.2, -0.15) is 0 Å². The zero-order chi connectivity index (χ0) is 14.0. The Morgan fingerprint density at radius 1 is 1.42 bits per heavy atom.